The van der Waals surface area contributed by atoms with E-state index in [1.54, 1.807) is 0 Å². The highest BCUT2D eigenvalue weighted by atomic mass is 16.2. The summed E-state index contributed by atoms with van der Waals surface area (Å²) in [6.07, 6.45) is 0.945. The Bertz CT molecular complexity index is 560. The second-order valence-corrected chi connectivity index (χ2v) is 5.48. The first-order chi connectivity index (χ1) is 10.2. The Balaban J connectivity index is 1.84. The monoisotopic (exact) mass is 288 g/mol. The first kappa shape index (κ1) is 14.2. The fraction of sp³-hybridized carbons (Fsp3) is 0.467. The van der Waals surface area contributed by atoms with Crippen molar-refractivity contribution in [1.82, 2.24) is 15.5 Å². The highest BCUT2D eigenvalue weighted by molar-refractivity contribution is 6.00. The Morgan fingerprint density at radius 3 is 2.90 bits per heavy atom. The predicted octanol–water partition coefficient (Wildman–Crippen LogP) is -0.146. The summed E-state index contributed by atoms with van der Waals surface area (Å²) in [5.74, 6) is -0.377. The molecule has 1 aromatic carbocycles. The number of nitrogens with two attached hydrogens (primary N) is 1. The third-order valence-electron chi connectivity index (χ3n) is 4.13. The molecule has 2 aliphatic rings. The third kappa shape index (κ3) is 2.70. The number of nitrogens with zero attached hydrogens (tertiary/aromatic N) is 1. The summed E-state index contributed by atoms with van der Waals surface area (Å²) in [5.41, 5.74) is 8.00. The average molecular weight is 288 g/mol. The number of nitrogens with one attached hydrogen (secondary N) is 2. The summed E-state index contributed by atoms with van der Waals surface area (Å²) in [6.45, 7) is 1.94. The number of piperidine rings is 1. The van der Waals surface area contributed by atoms with Gasteiger partial charge in [-0.1, -0.05) is 24.3 Å². The van der Waals surface area contributed by atoms with Gasteiger partial charge >= 0.3 is 0 Å². The maximum Gasteiger partial charge on any atom is 0.243 e. The van der Waals surface area contributed by atoms with Crippen LogP contribution in [0.1, 0.15) is 30.1 Å². The van der Waals surface area contributed by atoms with Crippen LogP contribution >= 0.6 is 0 Å². The van der Waals surface area contributed by atoms with Crippen LogP contribution < -0.4 is 16.4 Å². The zero-order chi connectivity index (χ0) is 14.8. The molecule has 3 rings (SSSR count). The molecular formula is C15H20N4O2. The number of amides is 2. The van der Waals surface area contributed by atoms with Crippen molar-refractivity contribution in [2.45, 2.75) is 31.6 Å². The van der Waals surface area contributed by atoms with Gasteiger partial charge in [-0.05, 0) is 17.5 Å². The van der Waals surface area contributed by atoms with Crippen LogP contribution in [0.5, 0.6) is 0 Å². The number of hydrogen-bond acceptors (Lipinski definition) is 5. The van der Waals surface area contributed by atoms with Crippen molar-refractivity contribution >= 4 is 11.8 Å². The van der Waals surface area contributed by atoms with E-state index in [0.29, 0.717) is 32.5 Å². The molecule has 2 amide bonds. The van der Waals surface area contributed by atoms with Gasteiger partial charge in [0.2, 0.25) is 11.8 Å². The van der Waals surface area contributed by atoms with Crippen LogP contribution in [0.25, 0.3) is 0 Å². The Kier molecular flexibility index (Phi) is 4.01. The number of rotatable bonds is 4. The molecule has 6 nitrogen and oxygen atoms in total. The second kappa shape index (κ2) is 5.93. The van der Waals surface area contributed by atoms with E-state index in [1.165, 1.54) is 11.1 Å². The summed E-state index contributed by atoms with van der Waals surface area (Å²) in [4.78, 5) is 25.6. The molecule has 2 unspecified atom stereocenters. The van der Waals surface area contributed by atoms with Crippen molar-refractivity contribution in [1.29, 1.82) is 0 Å². The molecule has 2 aliphatic heterocycles. The minimum atomic E-state index is -0.273. The van der Waals surface area contributed by atoms with E-state index in [2.05, 4.69) is 27.7 Å². The van der Waals surface area contributed by atoms with Crippen LogP contribution in [0.4, 0.5) is 0 Å². The van der Waals surface area contributed by atoms with Gasteiger partial charge in [-0.25, -0.2) is 0 Å². The molecule has 4 N–H and O–H groups in total. The molecular weight excluding hydrogens is 268 g/mol. The number of benzene rings is 1. The minimum Gasteiger partial charge on any atom is -0.329 e. The van der Waals surface area contributed by atoms with Gasteiger partial charge in [-0.3, -0.25) is 25.1 Å². The molecule has 0 spiro atoms. The Labute approximate surface area is 123 Å². The van der Waals surface area contributed by atoms with Crippen LogP contribution in [0, 0.1) is 0 Å². The lowest BCUT2D eigenvalue weighted by molar-refractivity contribution is -0.138. The maximum atomic E-state index is 12.1. The lowest BCUT2D eigenvalue weighted by Crippen LogP contribution is -2.53. The van der Waals surface area contributed by atoms with Crippen molar-refractivity contribution < 1.29 is 9.59 Å². The normalized spacial score (nSPS) is 25.8. The van der Waals surface area contributed by atoms with Gasteiger partial charge in [-0.2, -0.15) is 0 Å². The van der Waals surface area contributed by atoms with Crippen LogP contribution in [-0.4, -0.2) is 35.8 Å². The Hall–Kier alpha value is -1.76. The Morgan fingerprint density at radius 1 is 1.33 bits per heavy atom. The highest BCUT2D eigenvalue weighted by Gasteiger charge is 2.39. The smallest absolute Gasteiger partial charge is 0.243 e. The SMILES string of the molecule is NCCNC1c2ccccc2CN1C1CCC(=O)NC1=O. The predicted molar refractivity (Wildman–Crippen MR) is 78.0 cm³/mol. The lowest BCUT2D eigenvalue weighted by atomic mass is 10.0. The first-order valence-corrected chi connectivity index (χ1v) is 7.31. The molecule has 2 heterocycles. The first-order valence-electron chi connectivity index (χ1n) is 7.31. The molecule has 1 saturated heterocycles. The quantitative estimate of drug-likeness (QED) is 0.671. The van der Waals surface area contributed by atoms with Gasteiger partial charge < -0.3 is 5.73 Å². The van der Waals surface area contributed by atoms with Crippen molar-refractivity contribution in [2.24, 2.45) is 5.73 Å². The molecule has 1 fully saturated rings. The summed E-state index contributed by atoms with van der Waals surface area (Å²) in [6, 6.07) is 7.90. The zero-order valence-corrected chi connectivity index (χ0v) is 11.8. The second-order valence-electron chi connectivity index (χ2n) is 5.48. The maximum absolute atomic E-state index is 12.1. The number of carbonyl (C=O) groups is 2. The van der Waals surface area contributed by atoms with Gasteiger partial charge in [0.1, 0.15) is 0 Å². The van der Waals surface area contributed by atoms with E-state index < -0.39 is 0 Å². The van der Waals surface area contributed by atoms with Crippen molar-refractivity contribution in [3.05, 3.63) is 35.4 Å². The van der Waals surface area contributed by atoms with Crippen molar-refractivity contribution in [3.63, 3.8) is 0 Å². The molecule has 2 atom stereocenters. The van der Waals surface area contributed by atoms with Crippen LogP contribution in [0.15, 0.2) is 24.3 Å². The summed E-state index contributed by atoms with van der Waals surface area (Å²) in [5, 5.41) is 5.84. The van der Waals surface area contributed by atoms with Crippen LogP contribution in [0.3, 0.4) is 0 Å². The zero-order valence-electron chi connectivity index (χ0n) is 11.8. The number of hydrogen-bond donors (Lipinski definition) is 3. The van der Waals surface area contributed by atoms with E-state index in [0.717, 1.165) is 0 Å². The largest absolute Gasteiger partial charge is 0.329 e. The number of imide groups is 1. The minimum absolute atomic E-state index is 0.0197. The van der Waals surface area contributed by atoms with Gasteiger partial charge in [0.25, 0.3) is 0 Å². The fourth-order valence-corrected chi connectivity index (χ4v) is 3.15. The van der Waals surface area contributed by atoms with Gasteiger partial charge in [0.05, 0.1) is 12.2 Å². The molecule has 0 aromatic heterocycles. The number of fused-ring (bicyclic) bond motifs is 1. The average Bonchev–Trinajstić information content (AvgIpc) is 2.83. The van der Waals surface area contributed by atoms with E-state index in [-0.39, 0.29) is 24.0 Å². The summed E-state index contributed by atoms with van der Waals surface area (Å²) in [7, 11) is 0. The van der Waals surface area contributed by atoms with Gasteiger partial charge in [0, 0.05) is 26.1 Å². The molecule has 6 heteroatoms. The molecule has 0 saturated carbocycles. The lowest BCUT2D eigenvalue weighted by Gasteiger charge is -2.34. The molecule has 0 bridgehead atoms. The fourth-order valence-electron chi connectivity index (χ4n) is 3.15. The summed E-state index contributed by atoms with van der Waals surface area (Å²) >= 11 is 0. The Morgan fingerprint density at radius 2 is 2.14 bits per heavy atom. The van der Waals surface area contributed by atoms with E-state index >= 15 is 0 Å². The van der Waals surface area contributed by atoms with Gasteiger partial charge in [-0.15, -0.1) is 0 Å². The van der Waals surface area contributed by atoms with Crippen LogP contribution in [0.2, 0.25) is 0 Å². The molecule has 0 radical (unpaired) electrons. The van der Waals surface area contributed by atoms with E-state index in [4.69, 9.17) is 5.73 Å². The topological polar surface area (TPSA) is 87.5 Å². The molecule has 112 valence electrons. The molecule has 1 aromatic rings. The van der Waals surface area contributed by atoms with Crippen molar-refractivity contribution in [2.75, 3.05) is 13.1 Å². The summed E-state index contributed by atoms with van der Waals surface area (Å²) < 4.78 is 0. The van der Waals surface area contributed by atoms with Crippen molar-refractivity contribution in [3.8, 4) is 0 Å². The molecule has 0 aliphatic carbocycles. The standard InChI is InChI=1S/C15H20N4O2/c16-7-8-17-14-11-4-2-1-3-10(11)9-19(14)12-5-6-13(20)18-15(12)21/h1-4,12,14,17H,5-9,16H2,(H,18,20,21). The van der Waals surface area contributed by atoms with Gasteiger partial charge in [0.15, 0.2) is 0 Å². The number of carbonyl (C=O) groups excluding carboxylic acids is 2. The molecule has 21 heavy (non-hydrogen) atoms. The van der Waals surface area contributed by atoms with Crippen LogP contribution in [-0.2, 0) is 16.1 Å². The van der Waals surface area contributed by atoms with E-state index in [9.17, 15) is 9.59 Å². The van der Waals surface area contributed by atoms with E-state index in [1.807, 2.05) is 12.1 Å². The highest BCUT2D eigenvalue weighted by Crippen LogP contribution is 2.34. The third-order valence-corrected chi connectivity index (χ3v) is 4.13.